The molecule has 0 aliphatic carbocycles. The maximum atomic E-state index is 11.9. The molecule has 4 heteroatoms. The van der Waals surface area contributed by atoms with E-state index in [0.29, 0.717) is 13.2 Å². The van der Waals surface area contributed by atoms with E-state index in [-0.39, 0.29) is 24.5 Å². The molecule has 0 spiro atoms. The Morgan fingerprint density at radius 3 is 2.82 bits per heavy atom. The third kappa shape index (κ3) is 3.05. The number of carbonyl (C=O) groups is 1. The molecule has 1 aliphatic heterocycles. The van der Waals surface area contributed by atoms with Gasteiger partial charge in [0.15, 0.2) is 0 Å². The molecule has 0 aromatic heterocycles. The SMILES string of the molecule is O=C(NC(CO)c1ccccc1)C1CCOC1. The van der Waals surface area contributed by atoms with Gasteiger partial charge in [0.05, 0.1) is 25.2 Å². The summed E-state index contributed by atoms with van der Waals surface area (Å²) in [6.07, 6.45) is 0.763. The third-order valence-electron chi connectivity index (χ3n) is 3.00. The molecule has 0 radical (unpaired) electrons. The van der Waals surface area contributed by atoms with E-state index >= 15 is 0 Å². The van der Waals surface area contributed by atoms with Crippen molar-refractivity contribution < 1.29 is 14.6 Å². The smallest absolute Gasteiger partial charge is 0.226 e. The Morgan fingerprint density at radius 1 is 1.47 bits per heavy atom. The van der Waals surface area contributed by atoms with Gasteiger partial charge in [0.2, 0.25) is 5.91 Å². The second-order valence-electron chi connectivity index (χ2n) is 4.21. The van der Waals surface area contributed by atoms with Gasteiger partial charge in [-0.15, -0.1) is 0 Å². The minimum absolute atomic E-state index is 0.0367. The van der Waals surface area contributed by atoms with Gasteiger partial charge in [0.1, 0.15) is 0 Å². The van der Waals surface area contributed by atoms with Crippen LogP contribution in [0.5, 0.6) is 0 Å². The highest BCUT2D eigenvalue weighted by molar-refractivity contribution is 5.79. The van der Waals surface area contributed by atoms with Crippen molar-refractivity contribution in [2.24, 2.45) is 5.92 Å². The van der Waals surface area contributed by atoms with Crippen molar-refractivity contribution >= 4 is 5.91 Å². The van der Waals surface area contributed by atoms with E-state index in [1.54, 1.807) is 0 Å². The van der Waals surface area contributed by atoms with E-state index in [2.05, 4.69) is 5.32 Å². The molecule has 1 fully saturated rings. The Kier molecular flexibility index (Phi) is 4.12. The van der Waals surface area contributed by atoms with Gasteiger partial charge in [-0.3, -0.25) is 4.79 Å². The first kappa shape index (κ1) is 12.1. The van der Waals surface area contributed by atoms with E-state index in [1.807, 2.05) is 30.3 Å². The third-order valence-corrected chi connectivity index (χ3v) is 3.00. The van der Waals surface area contributed by atoms with Crippen LogP contribution in [0.4, 0.5) is 0 Å². The molecule has 1 aromatic carbocycles. The van der Waals surface area contributed by atoms with Crippen LogP contribution in [0, 0.1) is 5.92 Å². The highest BCUT2D eigenvalue weighted by Gasteiger charge is 2.25. The van der Waals surface area contributed by atoms with Crippen LogP contribution in [0.2, 0.25) is 0 Å². The number of carbonyl (C=O) groups excluding carboxylic acids is 1. The minimum atomic E-state index is -0.329. The van der Waals surface area contributed by atoms with E-state index < -0.39 is 0 Å². The number of ether oxygens (including phenoxy) is 1. The number of nitrogens with one attached hydrogen (secondary N) is 1. The lowest BCUT2D eigenvalue weighted by molar-refractivity contribution is -0.126. The quantitative estimate of drug-likeness (QED) is 0.814. The molecule has 2 atom stereocenters. The Labute approximate surface area is 101 Å². The second-order valence-corrected chi connectivity index (χ2v) is 4.21. The van der Waals surface area contributed by atoms with E-state index in [1.165, 1.54) is 0 Å². The average Bonchev–Trinajstić information content (AvgIpc) is 2.90. The van der Waals surface area contributed by atoms with Gasteiger partial charge in [0, 0.05) is 6.61 Å². The molecule has 17 heavy (non-hydrogen) atoms. The lowest BCUT2D eigenvalue weighted by Gasteiger charge is -2.18. The standard InChI is InChI=1S/C13H17NO3/c15-8-12(10-4-2-1-3-5-10)14-13(16)11-6-7-17-9-11/h1-5,11-12,15H,6-9H2,(H,14,16). The number of hydrogen-bond acceptors (Lipinski definition) is 3. The van der Waals surface area contributed by atoms with Crippen molar-refractivity contribution in [2.45, 2.75) is 12.5 Å². The van der Waals surface area contributed by atoms with Crippen LogP contribution in [0.25, 0.3) is 0 Å². The van der Waals surface area contributed by atoms with Crippen LogP contribution >= 0.6 is 0 Å². The Hall–Kier alpha value is -1.39. The number of benzene rings is 1. The van der Waals surface area contributed by atoms with Crippen molar-refractivity contribution in [3.8, 4) is 0 Å². The van der Waals surface area contributed by atoms with E-state index in [9.17, 15) is 9.90 Å². The number of aliphatic hydroxyl groups excluding tert-OH is 1. The summed E-state index contributed by atoms with van der Waals surface area (Å²) in [6.45, 7) is 1.04. The predicted octanol–water partition coefficient (Wildman–Crippen LogP) is 0.873. The first-order valence-corrected chi connectivity index (χ1v) is 5.85. The molecule has 0 bridgehead atoms. The normalized spacial score (nSPS) is 21.1. The highest BCUT2D eigenvalue weighted by atomic mass is 16.5. The Morgan fingerprint density at radius 2 is 2.24 bits per heavy atom. The van der Waals surface area contributed by atoms with Crippen LogP contribution < -0.4 is 5.32 Å². The minimum Gasteiger partial charge on any atom is -0.394 e. The van der Waals surface area contributed by atoms with Gasteiger partial charge in [0.25, 0.3) is 0 Å². The summed E-state index contributed by atoms with van der Waals surface area (Å²) in [5.41, 5.74) is 0.919. The van der Waals surface area contributed by atoms with Gasteiger partial charge in [-0.25, -0.2) is 0 Å². The monoisotopic (exact) mass is 235 g/mol. The van der Waals surface area contributed by atoms with Crippen molar-refractivity contribution in [3.63, 3.8) is 0 Å². The van der Waals surface area contributed by atoms with Crippen molar-refractivity contribution in [1.82, 2.24) is 5.32 Å². The van der Waals surface area contributed by atoms with Crippen LogP contribution in [-0.2, 0) is 9.53 Å². The van der Waals surface area contributed by atoms with E-state index in [4.69, 9.17) is 4.74 Å². The van der Waals surface area contributed by atoms with Crippen molar-refractivity contribution in [2.75, 3.05) is 19.8 Å². The molecular weight excluding hydrogens is 218 g/mol. The lowest BCUT2D eigenvalue weighted by Crippen LogP contribution is -2.35. The summed E-state index contributed by atoms with van der Waals surface area (Å²) in [4.78, 5) is 11.9. The number of rotatable bonds is 4. The maximum Gasteiger partial charge on any atom is 0.226 e. The summed E-state index contributed by atoms with van der Waals surface area (Å²) in [6, 6.07) is 9.15. The van der Waals surface area contributed by atoms with Gasteiger partial charge in [-0.1, -0.05) is 30.3 Å². The largest absolute Gasteiger partial charge is 0.394 e. The summed E-state index contributed by atoms with van der Waals surface area (Å²) in [5.74, 6) is -0.113. The van der Waals surface area contributed by atoms with Crippen molar-refractivity contribution in [3.05, 3.63) is 35.9 Å². The topological polar surface area (TPSA) is 58.6 Å². The second kappa shape index (κ2) is 5.80. The molecule has 2 N–H and O–H groups in total. The fourth-order valence-corrected chi connectivity index (χ4v) is 1.95. The van der Waals surface area contributed by atoms with Crippen molar-refractivity contribution in [1.29, 1.82) is 0 Å². The van der Waals surface area contributed by atoms with Gasteiger partial charge < -0.3 is 15.2 Å². The Bertz CT molecular complexity index is 360. The fourth-order valence-electron chi connectivity index (χ4n) is 1.95. The molecular formula is C13H17NO3. The molecule has 1 saturated heterocycles. The van der Waals surface area contributed by atoms with Crippen LogP contribution in [-0.4, -0.2) is 30.8 Å². The molecule has 92 valence electrons. The van der Waals surface area contributed by atoms with Crippen LogP contribution in [0.15, 0.2) is 30.3 Å². The highest BCUT2D eigenvalue weighted by Crippen LogP contribution is 2.16. The van der Waals surface area contributed by atoms with Gasteiger partial charge in [-0.05, 0) is 12.0 Å². The average molecular weight is 235 g/mol. The number of amides is 1. The summed E-state index contributed by atoms with van der Waals surface area (Å²) in [7, 11) is 0. The van der Waals surface area contributed by atoms with E-state index in [0.717, 1.165) is 12.0 Å². The fraction of sp³-hybridized carbons (Fsp3) is 0.462. The van der Waals surface area contributed by atoms with Gasteiger partial charge in [-0.2, -0.15) is 0 Å². The maximum absolute atomic E-state index is 11.9. The zero-order chi connectivity index (χ0) is 12.1. The van der Waals surface area contributed by atoms with Gasteiger partial charge >= 0.3 is 0 Å². The molecule has 4 nitrogen and oxygen atoms in total. The molecule has 0 saturated carbocycles. The summed E-state index contributed by atoms with van der Waals surface area (Å²) >= 11 is 0. The molecule has 1 heterocycles. The van der Waals surface area contributed by atoms with Crippen LogP contribution in [0.1, 0.15) is 18.0 Å². The summed E-state index contributed by atoms with van der Waals surface area (Å²) in [5, 5.41) is 12.2. The first-order chi connectivity index (χ1) is 8.31. The first-order valence-electron chi connectivity index (χ1n) is 5.85. The predicted molar refractivity (Wildman–Crippen MR) is 63.3 cm³/mol. The number of hydrogen-bond donors (Lipinski definition) is 2. The molecule has 1 aliphatic rings. The zero-order valence-electron chi connectivity index (χ0n) is 9.63. The molecule has 2 unspecified atom stereocenters. The molecule has 1 amide bonds. The molecule has 2 rings (SSSR count). The molecule has 1 aromatic rings. The summed E-state index contributed by atoms with van der Waals surface area (Å²) < 4.78 is 5.18. The Balaban J connectivity index is 1.97. The zero-order valence-corrected chi connectivity index (χ0v) is 9.63. The lowest BCUT2D eigenvalue weighted by atomic mass is 10.0. The van der Waals surface area contributed by atoms with Crippen LogP contribution in [0.3, 0.4) is 0 Å². The number of aliphatic hydroxyl groups is 1.